The summed E-state index contributed by atoms with van der Waals surface area (Å²) in [5.41, 5.74) is 1.22. The molecule has 0 radical (unpaired) electrons. The molecular formula is C22H36N4O. The summed E-state index contributed by atoms with van der Waals surface area (Å²) in [6, 6.07) is 10.3. The van der Waals surface area contributed by atoms with Crippen LogP contribution in [0.25, 0.3) is 0 Å². The fraction of sp³-hybridized carbons (Fsp3) is 0.682. The molecule has 0 aliphatic carbocycles. The molecule has 0 spiro atoms. The van der Waals surface area contributed by atoms with Gasteiger partial charge in [0, 0.05) is 26.2 Å². The third kappa shape index (κ3) is 6.82. The zero-order chi connectivity index (χ0) is 18.7. The van der Waals surface area contributed by atoms with E-state index in [2.05, 4.69) is 34.2 Å². The van der Waals surface area contributed by atoms with Crippen molar-refractivity contribution in [2.45, 2.75) is 39.2 Å². The number of nitrogens with zero attached hydrogens (tertiary/aromatic N) is 3. The maximum atomic E-state index is 5.77. The lowest BCUT2D eigenvalue weighted by molar-refractivity contribution is 0.128. The SMILES string of the molecule is CCNC(=NCCOCc1ccccc1)N1CCC(CN2CCCCC2)C1. The van der Waals surface area contributed by atoms with Crippen LogP contribution in [0.2, 0.25) is 0 Å². The standard InChI is InChI=1S/C22H36N4O/c1-2-23-22(24-12-16-27-19-20-9-5-3-6-10-20)26-15-11-21(18-26)17-25-13-7-4-8-14-25/h3,5-6,9-10,21H,2,4,7-8,11-19H2,1H3,(H,23,24). The Kier molecular flexibility index (Phi) is 8.43. The zero-order valence-electron chi connectivity index (χ0n) is 16.9. The van der Waals surface area contributed by atoms with Gasteiger partial charge in [0.05, 0.1) is 19.8 Å². The Labute approximate surface area is 164 Å². The van der Waals surface area contributed by atoms with E-state index in [0.29, 0.717) is 19.8 Å². The van der Waals surface area contributed by atoms with E-state index in [1.807, 2.05) is 18.2 Å². The molecular weight excluding hydrogens is 336 g/mol. The topological polar surface area (TPSA) is 40.1 Å². The molecule has 1 N–H and O–H groups in total. The molecule has 5 heteroatoms. The van der Waals surface area contributed by atoms with Gasteiger partial charge in [0.15, 0.2) is 5.96 Å². The van der Waals surface area contributed by atoms with Crippen LogP contribution < -0.4 is 5.32 Å². The van der Waals surface area contributed by atoms with Crippen molar-refractivity contribution < 1.29 is 4.74 Å². The summed E-state index contributed by atoms with van der Waals surface area (Å²) in [6.45, 7) is 11.2. The van der Waals surface area contributed by atoms with Crippen LogP contribution in [0.1, 0.15) is 38.2 Å². The average molecular weight is 373 g/mol. The Morgan fingerprint density at radius 1 is 1.15 bits per heavy atom. The number of piperidine rings is 1. The number of ether oxygens (including phenoxy) is 1. The smallest absolute Gasteiger partial charge is 0.194 e. The first-order chi connectivity index (χ1) is 13.3. The van der Waals surface area contributed by atoms with Crippen LogP contribution >= 0.6 is 0 Å². The van der Waals surface area contributed by atoms with E-state index in [0.717, 1.165) is 31.5 Å². The minimum atomic E-state index is 0.661. The summed E-state index contributed by atoms with van der Waals surface area (Å²) < 4.78 is 5.77. The summed E-state index contributed by atoms with van der Waals surface area (Å²) in [6.07, 6.45) is 5.45. The lowest BCUT2D eigenvalue weighted by Gasteiger charge is -2.29. The van der Waals surface area contributed by atoms with Crippen LogP contribution in [-0.2, 0) is 11.3 Å². The van der Waals surface area contributed by atoms with Gasteiger partial charge in [-0.25, -0.2) is 0 Å². The highest BCUT2D eigenvalue weighted by Gasteiger charge is 2.26. The molecule has 0 amide bonds. The van der Waals surface area contributed by atoms with Gasteiger partial charge in [0.25, 0.3) is 0 Å². The normalized spacial score (nSPS) is 21.6. The molecule has 1 aromatic rings. The molecule has 2 fully saturated rings. The van der Waals surface area contributed by atoms with Crippen molar-refractivity contribution in [1.29, 1.82) is 0 Å². The molecule has 1 atom stereocenters. The molecule has 150 valence electrons. The predicted molar refractivity (Wildman–Crippen MR) is 112 cm³/mol. The number of hydrogen-bond donors (Lipinski definition) is 1. The van der Waals surface area contributed by atoms with Crippen molar-refractivity contribution in [3.63, 3.8) is 0 Å². The number of likely N-dealkylation sites (tertiary alicyclic amines) is 2. The lowest BCUT2D eigenvalue weighted by Crippen LogP contribution is -2.41. The second-order valence-electron chi connectivity index (χ2n) is 7.74. The highest BCUT2D eigenvalue weighted by Crippen LogP contribution is 2.19. The maximum absolute atomic E-state index is 5.77. The molecule has 3 rings (SSSR count). The summed E-state index contributed by atoms with van der Waals surface area (Å²) in [7, 11) is 0. The van der Waals surface area contributed by atoms with E-state index >= 15 is 0 Å². The molecule has 2 heterocycles. The number of rotatable bonds is 8. The molecule has 5 nitrogen and oxygen atoms in total. The van der Waals surface area contributed by atoms with Gasteiger partial charge in [0.1, 0.15) is 0 Å². The first-order valence-corrected chi connectivity index (χ1v) is 10.7. The maximum Gasteiger partial charge on any atom is 0.194 e. The van der Waals surface area contributed by atoms with E-state index in [-0.39, 0.29) is 0 Å². The lowest BCUT2D eigenvalue weighted by atomic mass is 10.1. The molecule has 2 aliphatic rings. The molecule has 2 aliphatic heterocycles. The Bertz CT molecular complexity index is 557. The van der Waals surface area contributed by atoms with Crippen LogP contribution in [-0.4, -0.2) is 68.2 Å². The highest BCUT2D eigenvalue weighted by atomic mass is 16.5. The molecule has 1 aromatic carbocycles. The third-order valence-corrected chi connectivity index (χ3v) is 5.49. The van der Waals surface area contributed by atoms with Gasteiger partial charge in [-0.3, -0.25) is 4.99 Å². The molecule has 0 saturated carbocycles. The monoisotopic (exact) mass is 372 g/mol. The Morgan fingerprint density at radius 3 is 2.74 bits per heavy atom. The number of nitrogens with one attached hydrogen (secondary N) is 1. The quantitative estimate of drug-likeness (QED) is 0.433. The van der Waals surface area contributed by atoms with E-state index < -0.39 is 0 Å². The number of aliphatic imine (C=N–C) groups is 1. The van der Waals surface area contributed by atoms with E-state index in [4.69, 9.17) is 9.73 Å². The van der Waals surface area contributed by atoms with Gasteiger partial charge in [-0.05, 0) is 50.8 Å². The summed E-state index contributed by atoms with van der Waals surface area (Å²) >= 11 is 0. The van der Waals surface area contributed by atoms with E-state index in [1.165, 1.54) is 50.9 Å². The average Bonchev–Trinajstić information content (AvgIpc) is 3.17. The van der Waals surface area contributed by atoms with Crippen LogP contribution in [0, 0.1) is 5.92 Å². The minimum Gasteiger partial charge on any atom is -0.375 e. The van der Waals surface area contributed by atoms with E-state index in [9.17, 15) is 0 Å². The third-order valence-electron chi connectivity index (χ3n) is 5.49. The largest absolute Gasteiger partial charge is 0.375 e. The van der Waals surface area contributed by atoms with Gasteiger partial charge in [-0.1, -0.05) is 36.8 Å². The van der Waals surface area contributed by atoms with Crippen molar-refractivity contribution in [1.82, 2.24) is 15.1 Å². The summed E-state index contributed by atoms with van der Waals surface area (Å²) in [4.78, 5) is 9.91. The van der Waals surface area contributed by atoms with Gasteiger partial charge in [-0.15, -0.1) is 0 Å². The summed E-state index contributed by atoms with van der Waals surface area (Å²) in [5, 5.41) is 3.46. The first-order valence-electron chi connectivity index (χ1n) is 10.7. The van der Waals surface area contributed by atoms with Crippen LogP contribution in [0.5, 0.6) is 0 Å². The number of guanidine groups is 1. The first kappa shape index (κ1) is 20.2. The Hall–Kier alpha value is -1.59. The second-order valence-corrected chi connectivity index (χ2v) is 7.74. The Balaban J connectivity index is 1.40. The van der Waals surface area contributed by atoms with Crippen molar-refractivity contribution in [2.75, 3.05) is 52.4 Å². The van der Waals surface area contributed by atoms with Crippen molar-refractivity contribution in [2.24, 2.45) is 10.9 Å². The van der Waals surface area contributed by atoms with E-state index in [1.54, 1.807) is 0 Å². The van der Waals surface area contributed by atoms with Gasteiger partial charge in [0.2, 0.25) is 0 Å². The highest BCUT2D eigenvalue weighted by molar-refractivity contribution is 5.80. The number of hydrogen-bond acceptors (Lipinski definition) is 3. The van der Waals surface area contributed by atoms with Crippen LogP contribution in [0.4, 0.5) is 0 Å². The predicted octanol–water partition coefficient (Wildman–Crippen LogP) is 2.98. The fourth-order valence-electron chi connectivity index (χ4n) is 4.09. The molecule has 0 aromatic heterocycles. The molecule has 1 unspecified atom stereocenters. The molecule has 0 bridgehead atoms. The second kappa shape index (κ2) is 11.3. The minimum absolute atomic E-state index is 0.661. The summed E-state index contributed by atoms with van der Waals surface area (Å²) in [5.74, 6) is 1.84. The van der Waals surface area contributed by atoms with Crippen molar-refractivity contribution in [3.05, 3.63) is 35.9 Å². The van der Waals surface area contributed by atoms with Crippen LogP contribution in [0.15, 0.2) is 35.3 Å². The van der Waals surface area contributed by atoms with Gasteiger partial charge < -0.3 is 19.9 Å². The fourth-order valence-corrected chi connectivity index (χ4v) is 4.09. The number of benzene rings is 1. The molecule has 2 saturated heterocycles. The van der Waals surface area contributed by atoms with Gasteiger partial charge in [-0.2, -0.15) is 0 Å². The zero-order valence-corrected chi connectivity index (χ0v) is 16.9. The van der Waals surface area contributed by atoms with Crippen molar-refractivity contribution >= 4 is 5.96 Å². The van der Waals surface area contributed by atoms with Crippen molar-refractivity contribution in [3.8, 4) is 0 Å². The van der Waals surface area contributed by atoms with Gasteiger partial charge >= 0.3 is 0 Å². The Morgan fingerprint density at radius 2 is 1.96 bits per heavy atom. The molecule has 27 heavy (non-hydrogen) atoms. The van der Waals surface area contributed by atoms with Crippen LogP contribution in [0.3, 0.4) is 0 Å².